The summed E-state index contributed by atoms with van der Waals surface area (Å²) in [5.74, 6) is 0.0159. The number of piperidine rings is 1. The molecule has 2 heterocycles. The third-order valence-corrected chi connectivity index (χ3v) is 5.90. The van der Waals surface area contributed by atoms with E-state index in [2.05, 4.69) is 9.59 Å². The van der Waals surface area contributed by atoms with Gasteiger partial charge in [-0.3, -0.25) is 0 Å². The maximum absolute atomic E-state index is 12.0. The summed E-state index contributed by atoms with van der Waals surface area (Å²) < 4.78 is 32.8. The van der Waals surface area contributed by atoms with E-state index in [0.717, 1.165) is 11.5 Å². The van der Waals surface area contributed by atoms with E-state index in [1.165, 1.54) is 6.26 Å². The fourth-order valence-corrected chi connectivity index (χ4v) is 4.09. The molecule has 0 bridgehead atoms. The predicted octanol–water partition coefficient (Wildman–Crippen LogP) is 2.06. The molecule has 0 saturated carbocycles. The van der Waals surface area contributed by atoms with E-state index < -0.39 is 15.4 Å². The average molecular weight is 347 g/mol. The van der Waals surface area contributed by atoms with Crippen molar-refractivity contribution in [1.82, 2.24) is 14.5 Å². The van der Waals surface area contributed by atoms with Crippen molar-refractivity contribution < 1.29 is 17.9 Å². The number of rotatable bonds is 2. The quantitative estimate of drug-likeness (QED) is 0.813. The van der Waals surface area contributed by atoms with Gasteiger partial charge < -0.3 is 9.64 Å². The van der Waals surface area contributed by atoms with Crippen LogP contribution in [0.5, 0.6) is 0 Å². The number of ether oxygens (including phenoxy) is 1. The molecule has 0 aliphatic carbocycles. The SMILES string of the molecule is CC(C)(C)OC(=O)N1CCC(c2nnsc2S(C)(=O)=O)CC1. The van der Waals surface area contributed by atoms with E-state index in [1.54, 1.807) is 4.90 Å². The van der Waals surface area contributed by atoms with Gasteiger partial charge in [0.1, 0.15) is 5.60 Å². The fraction of sp³-hybridized carbons (Fsp3) is 0.769. The van der Waals surface area contributed by atoms with Gasteiger partial charge in [-0.05, 0) is 33.6 Å². The van der Waals surface area contributed by atoms with Crippen molar-refractivity contribution in [3.8, 4) is 0 Å². The van der Waals surface area contributed by atoms with Gasteiger partial charge in [-0.2, -0.15) is 0 Å². The lowest BCUT2D eigenvalue weighted by Gasteiger charge is -2.33. The molecule has 1 aliphatic rings. The molecule has 1 fully saturated rings. The number of aromatic nitrogens is 2. The van der Waals surface area contributed by atoms with E-state index in [0.29, 0.717) is 31.6 Å². The van der Waals surface area contributed by atoms with Gasteiger partial charge in [-0.1, -0.05) is 4.49 Å². The van der Waals surface area contributed by atoms with Crippen molar-refractivity contribution in [3.63, 3.8) is 0 Å². The monoisotopic (exact) mass is 347 g/mol. The Morgan fingerprint density at radius 2 is 1.91 bits per heavy atom. The van der Waals surface area contributed by atoms with Crippen molar-refractivity contribution >= 4 is 27.5 Å². The van der Waals surface area contributed by atoms with E-state index in [1.807, 2.05) is 20.8 Å². The summed E-state index contributed by atoms with van der Waals surface area (Å²) in [6.07, 6.45) is 2.16. The number of nitrogens with zero attached hydrogens (tertiary/aromatic N) is 3. The van der Waals surface area contributed by atoms with Crippen molar-refractivity contribution in [3.05, 3.63) is 5.69 Å². The first-order valence-electron chi connectivity index (χ1n) is 7.08. The Bertz CT molecular complexity index is 640. The molecule has 0 spiro atoms. The Kier molecular flexibility index (Phi) is 4.76. The summed E-state index contributed by atoms with van der Waals surface area (Å²) in [6.45, 7) is 6.55. The highest BCUT2D eigenvalue weighted by Crippen LogP contribution is 2.32. The first kappa shape index (κ1) is 17.1. The summed E-state index contributed by atoms with van der Waals surface area (Å²) >= 11 is 0.911. The lowest BCUT2D eigenvalue weighted by molar-refractivity contribution is 0.0203. The second-order valence-corrected chi connectivity index (χ2v) is 9.42. The zero-order valence-electron chi connectivity index (χ0n) is 13.2. The van der Waals surface area contributed by atoms with Gasteiger partial charge in [-0.15, -0.1) is 5.10 Å². The number of carbonyl (C=O) groups excluding carboxylic acids is 1. The molecule has 1 aromatic rings. The predicted molar refractivity (Wildman–Crippen MR) is 82.8 cm³/mol. The topological polar surface area (TPSA) is 89.5 Å². The molecule has 0 atom stereocenters. The zero-order chi connectivity index (χ0) is 16.5. The summed E-state index contributed by atoms with van der Waals surface area (Å²) in [6, 6.07) is 0. The molecule has 1 saturated heterocycles. The third kappa shape index (κ3) is 4.16. The number of sulfone groups is 1. The number of hydrogen-bond acceptors (Lipinski definition) is 7. The number of hydrogen-bond donors (Lipinski definition) is 0. The van der Waals surface area contributed by atoms with Gasteiger partial charge in [0.2, 0.25) is 0 Å². The van der Waals surface area contributed by atoms with Crippen LogP contribution in [-0.4, -0.2) is 53.9 Å². The second-order valence-electron chi connectivity index (χ2n) is 6.46. The molecule has 2 rings (SSSR count). The maximum Gasteiger partial charge on any atom is 0.410 e. The van der Waals surface area contributed by atoms with Crippen LogP contribution in [0.4, 0.5) is 4.79 Å². The van der Waals surface area contributed by atoms with Gasteiger partial charge in [0.15, 0.2) is 14.0 Å². The van der Waals surface area contributed by atoms with Crippen LogP contribution < -0.4 is 0 Å². The molecule has 1 amide bonds. The van der Waals surface area contributed by atoms with Crippen LogP contribution in [0.1, 0.15) is 45.2 Å². The smallest absolute Gasteiger partial charge is 0.410 e. The van der Waals surface area contributed by atoms with Crippen LogP contribution in [0.25, 0.3) is 0 Å². The highest BCUT2D eigenvalue weighted by Gasteiger charge is 2.31. The van der Waals surface area contributed by atoms with Gasteiger partial charge in [0.05, 0.1) is 5.69 Å². The van der Waals surface area contributed by atoms with Crippen molar-refractivity contribution in [1.29, 1.82) is 0 Å². The van der Waals surface area contributed by atoms with Crippen molar-refractivity contribution in [2.45, 2.75) is 49.3 Å². The van der Waals surface area contributed by atoms with Crippen molar-refractivity contribution in [2.75, 3.05) is 19.3 Å². The summed E-state index contributed by atoms with van der Waals surface area (Å²) in [5.41, 5.74) is 0.0206. The number of carbonyl (C=O) groups is 1. The number of likely N-dealkylation sites (tertiary alicyclic amines) is 1. The highest BCUT2D eigenvalue weighted by molar-refractivity contribution is 7.92. The largest absolute Gasteiger partial charge is 0.444 e. The molecule has 9 heteroatoms. The molecule has 0 N–H and O–H groups in total. The highest BCUT2D eigenvalue weighted by atomic mass is 32.2. The van der Waals surface area contributed by atoms with Crippen LogP contribution in [-0.2, 0) is 14.6 Å². The number of amides is 1. The Morgan fingerprint density at radius 3 is 2.41 bits per heavy atom. The van der Waals surface area contributed by atoms with Gasteiger partial charge >= 0.3 is 6.09 Å². The standard InChI is InChI=1S/C13H21N3O4S2/c1-13(2,3)20-12(17)16-7-5-9(6-8-16)10-11(21-15-14-10)22(4,18)19/h9H,5-8H2,1-4H3. The molecule has 0 aromatic carbocycles. The Morgan fingerprint density at radius 1 is 1.32 bits per heavy atom. The summed E-state index contributed by atoms with van der Waals surface area (Å²) in [7, 11) is -3.31. The average Bonchev–Trinajstić information content (AvgIpc) is 2.86. The van der Waals surface area contributed by atoms with Crippen LogP contribution in [0.3, 0.4) is 0 Å². The van der Waals surface area contributed by atoms with E-state index in [4.69, 9.17) is 4.74 Å². The molecular formula is C13H21N3O4S2. The van der Waals surface area contributed by atoms with Crippen LogP contribution in [0.2, 0.25) is 0 Å². The van der Waals surface area contributed by atoms with E-state index in [-0.39, 0.29) is 16.2 Å². The lowest BCUT2D eigenvalue weighted by Crippen LogP contribution is -2.41. The molecule has 1 aliphatic heterocycles. The van der Waals surface area contributed by atoms with Crippen LogP contribution in [0, 0.1) is 0 Å². The van der Waals surface area contributed by atoms with Gasteiger partial charge in [0.25, 0.3) is 0 Å². The molecule has 22 heavy (non-hydrogen) atoms. The zero-order valence-corrected chi connectivity index (χ0v) is 14.8. The Hall–Kier alpha value is -1.22. The molecule has 0 unspecified atom stereocenters. The molecular weight excluding hydrogens is 326 g/mol. The molecule has 7 nitrogen and oxygen atoms in total. The summed E-state index contributed by atoms with van der Waals surface area (Å²) in [4.78, 5) is 13.7. The van der Waals surface area contributed by atoms with Gasteiger partial charge in [0, 0.05) is 36.8 Å². The van der Waals surface area contributed by atoms with Crippen molar-refractivity contribution in [2.24, 2.45) is 0 Å². The lowest BCUT2D eigenvalue weighted by atomic mass is 9.94. The van der Waals surface area contributed by atoms with E-state index >= 15 is 0 Å². The minimum Gasteiger partial charge on any atom is -0.444 e. The molecule has 0 radical (unpaired) electrons. The summed E-state index contributed by atoms with van der Waals surface area (Å²) in [5, 5.41) is 3.99. The normalized spacial score (nSPS) is 17.5. The fourth-order valence-electron chi connectivity index (χ4n) is 2.36. The molecule has 124 valence electrons. The third-order valence-electron chi connectivity index (χ3n) is 3.35. The maximum atomic E-state index is 12.0. The minimum atomic E-state index is -3.31. The molecule has 1 aromatic heterocycles. The second kappa shape index (κ2) is 6.11. The van der Waals surface area contributed by atoms with E-state index in [9.17, 15) is 13.2 Å². The Labute approximate surface area is 134 Å². The Balaban J connectivity index is 2.02. The first-order chi connectivity index (χ1) is 10.1. The van der Waals surface area contributed by atoms with Gasteiger partial charge in [-0.25, -0.2) is 13.2 Å². The minimum absolute atomic E-state index is 0.0159. The van der Waals surface area contributed by atoms with Crippen LogP contribution in [0.15, 0.2) is 4.21 Å². The first-order valence-corrected chi connectivity index (χ1v) is 9.74. The van der Waals surface area contributed by atoms with Crippen LogP contribution >= 0.6 is 11.5 Å².